The van der Waals surface area contributed by atoms with E-state index in [4.69, 9.17) is 4.74 Å². The lowest BCUT2D eigenvalue weighted by atomic mass is 9.70. The van der Waals surface area contributed by atoms with E-state index in [9.17, 15) is 9.90 Å². The molecule has 3 heteroatoms. The van der Waals surface area contributed by atoms with Gasteiger partial charge in [0.15, 0.2) is 6.29 Å². The first-order valence-electron chi connectivity index (χ1n) is 4.57. The molecule has 1 aliphatic carbocycles. The molecule has 0 radical (unpaired) electrons. The molecule has 2 rings (SSSR count). The largest absolute Gasteiger partial charge is 0.393 e. The van der Waals surface area contributed by atoms with Crippen LogP contribution in [0.15, 0.2) is 0 Å². The monoisotopic (exact) mass is 170 g/mol. The highest BCUT2D eigenvalue weighted by Gasteiger charge is 2.49. The van der Waals surface area contributed by atoms with Crippen LogP contribution in [0.3, 0.4) is 0 Å². The summed E-state index contributed by atoms with van der Waals surface area (Å²) in [4.78, 5) is 10.9. The van der Waals surface area contributed by atoms with Crippen LogP contribution in [-0.4, -0.2) is 29.7 Å². The van der Waals surface area contributed by atoms with E-state index in [1.807, 2.05) is 0 Å². The van der Waals surface area contributed by atoms with Crippen molar-refractivity contribution in [2.24, 2.45) is 5.92 Å². The Morgan fingerprint density at radius 2 is 2.33 bits per heavy atom. The lowest BCUT2D eigenvalue weighted by Gasteiger charge is -2.42. The van der Waals surface area contributed by atoms with Gasteiger partial charge in [0.1, 0.15) is 5.60 Å². The Labute approximate surface area is 71.7 Å². The Morgan fingerprint density at radius 1 is 1.50 bits per heavy atom. The van der Waals surface area contributed by atoms with Crippen LogP contribution in [0.2, 0.25) is 0 Å². The van der Waals surface area contributed by atoms with Gasteiger partial charge in [-0.15, -0.1) is 0 Å². The van der Waals surface area contributed by atoms with E-state index in [2.05, 4.69) is 0 Å². The second-order valence-corrected chi connectivity index (χ2v) is 3.78. The molecule has 1 saturated carbocycles. The van der Waals surface area contributed by atoms with Gasteiger partial charge in [-0.05, 0) is 25.7 Å². The molecule has 0 aromatic heterocycles. The quantitative estimate of drug-likeness (QED) is 0.614. The molecule has 3 unspecified atom stereocenters. The summed E-state index contributed by atoms with van der Waals surface area (Å²) < 4.78 is 5.44. The fourth-order valence-electron chi connectivity index (χ4n) is 2.21. The molecule has 2 fully saturated rings. The molecule has 1 heterocycles. The number of aldehydes is 1. The maximum Gasteiger partial charge on any atom is 0.152 e. The molecule has 0 aromatic carbocycles. The molecular formula is C9H14O3. The summed E-state index contributed by atoms with van der Waals surface area (Å²) in [6.07, 6.45) is 4.07. The highest BCUT2D eigenvalue weighted by atomic mass is 16.5. The van der Waals surface area contributed by atoms with Gasteiger partial charge in [-0.3, -0.25) is 0 Å². The molecular weight excluding hydrogens is 156 g/mol. The average molecular weight is 170 g/mol. The van der Waals surface area contributed by atoms with Crippen LogP contribution < -0.4 is 0 Å². The molecule has 3 nitrogen and oxygen atoms in total. The van der Waals surface area contributed by atoms with Crippen LogP contribution in [0.1, 0.15) is 25.7 Å². The van der Waals surface area contributed by atoms with Gasteiger partial charge < -0.3 is 14.6 Å². The predicted molar refractivity (Wildman–Crippen MR) is 42.7 cm³/mol. The third-order valence-electron chi connectivity index (χ3n) is 3.15. The molecule has 2 aliphatic rings. The van der Waals surface area contributed by atoms with Crippen LogP contribution >= 0.6 is 0 Å². The minimum Gasteiger partial charge on any atom is -0.393 e. The second-order valence-electron chi connectivity index (χ2n) is 3.78. The number of carbonyl (C=O) groups excluding carboxylic acids is 1. The predicted octanol–water partition coefficient (Wildman–Crippen LogP) is 0.505. The van der Waals surface area contributed by atoms with Crippen molar-refractivity contribution in [2.45, 2.75) is 37.4 Å². The number of hydrogen-bond acceptors (Lipinski definition) is 3. The summed E-state index contributed by atoms with van der Waals surface area (Å²) in [5, 5.41) is 9.43. The van der Waals surface area contributed by atoms with E-state index in [0.29, 0.717) is 6.61 Å². The SMILES string of the molecule is O=CC1(C2CCC2O)CCCO1. The summed E-state index contributed by atoms with van der Waals surface area (Å²) in [6.45, 7) is 0.669. The number of ether oxygens (including phenoxy) is 1. The molecule has 0 amide bonds. The van der Waals surface area contributed by atoms with E-state index < -0.39 is 5.60 Å². The average Bonchev–Trinajstić information content (AvgIpc) is 2.51. The summed E-state index contributed by atoms with van der Waals surface area (Å²) in [6, 6.07) is 0. The van der Waals surface area contributed by atoms with Gasteiger partial charge in [-0.25, -0.2) is 0 Å². The smallest absolute Gasteiger partial charge is 0.152 e. The van der Waals surface area contributed by atoms with E-state index in [0.717, 1.165) is 32.0 Å². The maximum atomic E-state index is 10.9. The van der Waals surface area contributed by atoms with Crippen LogP contribution in [0.4, 0.5) is 0 Å². The second kappa shape index (κ2) is 2.82. The van der Waals surface area contributed by atoms with E-state index >= 15 is 0 Å². The third-order valence-corrected chi connectivity index (χ3v) is 3.15. The van der Waals surface area contributed by atoms with Gasteiger partial charge >= 0.3 is 0 Å². The number of aliphatic hydroxyl groups excluding tert-OH is 1. The van der Waals surface area contributed by atoms with Crippen LogP contribution in [0.5, 0.6) is 0 Å². The van der Waals surface area contributed by atoms with Gasteiger partial charge in [0.25, 0.3) is 0 Å². The highest BCUT2D eigenvalue weighted by Crippen LogP contribution is 2.42. The van der Waals surface area contributed by atoms with Crippen molar-refractivity contribution >= 4 is 6.29 Å². The zero-order chi connectivity index (χ0) is 8.60. The van der Waals surface area contributed by atoms with E-state index in [-0.39, 0.29) is 12.0 Å². The van der Waals surface area contributed by atoms with Crippen molar-refractivity contribution in [3.63, 3.8) is 0 Å². The van der Waals surface area contributed by atoms with Crippen molar-refractivity contribution in [3.8, 4) is 0 Å². The Hall–Kier alpha value is -0.410. The standard InChI is InChI=1S/C9H14O3/c10-6-9(4-1-5-12-9)7-2-3-8(7)11/h6-8,11H,1-5H2. The molecule has 3 atom stereocenters. The van der Waals surface area contributed by atoms with Crippen molar-refractivity contribution in [3.05, 3.63) is 0 Å². The first-order chi connectivity index (χ1) is 5.78. The molecule has 0 aromatic rings. The van der Waals surface area contributed by atoms with Crippen molar-refractivity contribution in [2.75, 3.05) is 6.61 Å². The molecule has 68 valence electrons. The van der Waals surface area contributed by atoms with E-state index in [1.54, 1.807) is 0 Å². The van der Waals surface area contributed by atoms with Crippen molar-refractivity contribution in [1.29, 1.82) is 0 Å². The summed E-state index contributed by atoms with van der Waals surface area (Å²) in [5.41, 5.74) is -0.627. The topological polar surface area (TPSA) is 46.5 Å². The lowest BCUT2D eigenvalue weighted by Crippen LogP contribution is -2.50. The first-order valence-corrected chi connectivity index (χ1v) is 4.57. The maximum absolute atomic E-state index is 10.9. The van der Waals surface area contributed by atoms with Gasteiger partial charge in [-0.2, -0.15) is 0 Å². The normalized spacial score (nSPS) is 47.1. The Kier molecular flexibility index (Phi) is 1.93. The molecule has 1 aliphatic heterocycles. The minimum absolute atomic E-state index is 0.0671. The zero-order valence-corrected chi connectivity index (χ0v) is 7.03. The lowest BCUT2D eigenvalue weighted by molar-refractivity contribution is -0.151. The third kappa shape index (κ3) is 1.00. The molecule has 12 heavy (non-hydrogen) atoms. The van der Waals surface area contributed by atoms with Crippen LogP contribution in [0.25, 0.3) is 0 Å². The molecule has 1 N–H and O–H groups in total. The summed E-state index contributed by atoms with van der Waals surface area (Å²) >= 11 is 0. The van der Waals surface area contributed by atoms with Gasteiger partial charge in [-0.1, -0.05) is 0 Å². The molecule has 0 bridgehead atoms. The Morgan fingerprint density at radius 3 is 2.67 bits per heavy atom. The van der Waals surface area contributed by atoms with Crippen LogP contribution in [-0.2, 0) is 9.53 Å². The highest BCUT2D eigenvalue weighted by molar-refractivity contribution is 5.64. The number of rotatable bonds is 2. The minimum atomic E-state index is -0.627. The Bertz CT molecular complexity index is 184. The van der Waals surface area contributed by atoms with Crippen LogP contribution in [0, 0.1) is 5.92 Å². The van der Waals surface area contributed by atoms with E-state index in [1.165, 1.54) is 0 Å². The summed E-state index contributed by atoms with van der Waals surface area (Å²) in [5.74, 6) is 0.0671. The zero-order valence-electron chi connectivity index (χ0n) is 7.03. The fourth-order valence-corrected chi connectivity index (χ4v) is 2.21. The number of hydrogen-bond donors (Lipinski definition) is 1. The van der Waals surface area contributed by atoms with Crippen molar-refractivity contribution in [1.82, 2.24) is 0 Å². The number of aliphatic hydroxyl groups is 1. The fraction of sp³-hybridized carbons (Fsp3) is 0.889. The number of carbonyl (C=O) groups is 1. The first kappa shape index (κ1) is 8.20. The van der Waals surface area contributed by atoms with Gasteiger partial charge in [0, 0.05) is 12.5 Å². The molecule has 0 spiro atoms. The summed E-state index contributed by atoms with van der Waals surface area (Å²) in [7, 11) is 0. The van der Waals surface area contributed by atoms with Crippen molar-refractivity contribution < 1.29 is 14.6 Å². The van der Waals surface area contributed by atoms with Gasteiger partial charge in [0.2, 0.25) is 0 Å². The van der Waals surface area contributed by atoms with Gasteiger partial charge in [0.05, 0.1) is 6.10 Å². The molecule has 1 saturated heterocycles. The Balaban J connectivity index is 2.10.